The van der Waals surface area contributed by atoms with E-state index in [2.05, 4.69) is 17.0 Å². The van der Waals surface area contributed by atoms with Gasteiger partial charge in [-0.05, 0) is 30.8 Å². The van der Waals surface area contributed by atoms with Gasteiger partial charge in [-0.3, -0.25) is 9.25 Å². The summed E-state index contributed by atoms with van der Waals surface area (Å²) in [5, 5.41) is 5.13. The number of nitrogens with one attached hydrogen (secondary N) is 1. The summed E-state index contributed by atoms with van der Waals surface area (Å²) in [5.74, 6) is 0. The Morgan fingerprint density at radius 1 is 1.42 bits per heavy atom. The Morgan fingerprint density at radius 2 is 2.21 bits per heavy atom. The van der Waals surface area contributed by atoms with E-state index in [1.165, 1.54) is 0 Å². The summed E-state index contributed by atoms with van der Waals surface area (Å²) in [5.41, 5.74) is 3.85. The van der Waals surface area contributed by atoms with Crippen molar-refractivity contribution < 1.29 is 0 Å². The monoisotopic (exact) mass is 292 g/mol. The van der Waals surface area contributed by atoms with Crippen molar-refractivity contribution in [3.63, 3.8) is 0 Å². The average molecular weight is 293 g/mol. The molecule has 0 atom stereocenters. The molecule has 0 amide bonds. The molecule has 0 aliphatic carbocycles. The van der Waals surface area contributed by atoms with Gasteiger partial charge in [0, 0.05) is 13.2 Å². The van der Waals surface area contributed by atoms with Gasteiger partial charge in [-0.25, -0.2) is 0 Å². The van der Waals surface area contributed by atoms with Crippen LogP contribution < -0.4 is 0 Å². The molecular formula is C13H13ClN4S. The summed E-state index contributed by atoms with van der Waals surface area (Å²) in [6.07, 6.45) is 2.83. The van der Waals surface area contributed by atoms with Gasteiger partial charge in [-0.15, -0.1) is 0 Å². The number of fused-ring (bicyclic) bond motifs is 1. The van der Waals surface area contributed by atoms with Crippen molar-refractivity contribution in [3.05, 3.63) is 39.9 Å². The third-order valence-corrected chi connectivity index (χ3v) is 3.73. The molecule has 0 bridgehead atoms. The molecule has 19 heavy (non-hydrogen) atoms. The lowest BCUT2D eigenvalue weighted by molar-refractivity contribution is 0.746. The van der Waals surface area contributed by atoms with Crippen molar-refractivity contribution >= 4 is 34.9 Å². The van der Waals surface area contributed by atoms with Crippen molar-refractivity contribution in [2.45, 2.75) is 13.3 Å². The van der Waals surface area contributed by atoms with Gasteiger partial charge in [-0.2, -0.15) is 5.10 Å². The standard InChI is InChI=1S/C13H13ClN4S/c1-3-9-11(7-17(2)16-9)18-10-6-4-5-8(14)12(10)15-13(18)19/h4-7H,3H2,1-2H3,(H,15,19). The van der Waals surface area contributed by atoms with Gasteiger partial charge in [0.05, 0.1) is 27.4 Å². The smallest absolute Gasteiger partial charge is 0.182 e. The molecule has 0 saturated heterocycles. The minimum atomic E-state index is 0.630. The summed E-state index contributed by atoms with van der Waals surface area (Å²) in [6.45, 7) is 2.08. The van der Waals surface area contributed by atoms with E-state index in [4.69, 9.17) is 23.8 Å². The van der Waals surface area contributed by atoms with E-state index in [1.54, 1.807) is 4.68 Å². The van der Waals surface area contributed by atoms with Crippen LogP contribution in [0.15, 0.2) is 24.4 Å². The Balaban J connectivity index is 2.39. The van der Waals surface area contributed by atoms with Gasteiger partial charge in [0.2, 0.25) is 0 Å². The molecule has 0 unspecified atom stereocenters. The largest absolute Gasteiger partial charge is 0.329 e. The van der Waals surface area contributed by atoms with Gasteiger partial charge in [0.15, 0.2) is 4.77 Å². The number of nitrogens with zero attached hydrogens (tertiary/aromatic N) is 3. The molecule has 0 aliphatic rings. The maximum atomic E-state index is 6.20. The van der Waals surface area contributed by atoms with Gasteiger partial charge >= 0.3 is 0 Å². The minimum Gasteiger partial charge on any atom is -0.329 e. The number of hydrogen-bond acceptors (Lipinski definition) is 2. The third-order valence-electron chi connectivity index (χ3n) is 3.13. The first kappa shape index (κ1) is 12.4. The van der Waals surface area contributed by atoms with Crippen molar-refractivity contribution in [2.75, 3.05) is 0 Å². The van der Waals surface area contributed by atoms with Crippen molar-refractivity contribution in [1.29, 1.82) is 0 Å². The number of hydrogen-bond donors (Lipinski definition) is 1. The van der Waals surface area contributed by atoms with Crippen LogP contribution in [0, 0.1) is 4.77 Å². The fourth-order valence-corrected chi connectivity index (χ4v) is 2.81. The van der Waals surface area contributed by atoms with E-state index < -0.39 is 0 Å². The SMILES string of the molecule is CCc1nn(C)cc1-n1c(=S)[nH]c2c(Cl)cccc21. The highest BCUT2D eigenvalue weighted by molar-refractivity contribution is 7.71. The molecule has 2 heterocycles. The normalized spacial score (nSPS) is 11.3. The lowest BCUT2D eigenvalue weighted by Crippen LogP contribution is -1.96. The molecule has 0 fully saturated rings. The quantitative estimate of drug-likeness (QED) is 0.732. The van der Waals surface area contributed by atoms with E-state index in [-0.39, 0.29) is 0 Å². The summed E-state index contributed by atoms with van der Waals surface area (Å²) in [7, 11) is 1.91. The molecule has 6 heteroatoms. The maximum absolute atomic E-state index is 6.20. The van der Waals surface area contributed by atoms with Crippen LogP contribution in [0.5, 0.6) is 0 Å². The highest BCUT2D eigenvalue weighted by Gasteiger charge is 2.14. The van der Waals surface area contributed by atoms with Crippen molar-refractivity contribution in [3.8, 4) is 5.69 Å². The summed E-state index contributed by atoms with van der Waals surface area (Å²) in [4.78, 5) is 3.16. The Bertz CT molecular complexity index is 812. The summed E-state index contributed by atoms with van der Waals surface area (Å²) in [6, 6.07) is 5.77. The molecule has 0 radical (unpaired) electrons. The first-order chi connectivity index (χ1) is 9.11. The highest BCUT2D eigenvalue weighted by Crippen LogP contribution is 2.26. The Hall–Kier alpha value is -1.59. The Labute approximate surface area is 120 Å². The summed E-state index contributed by atoms with van der Waals surface area (Å²) < 4.78 is 4.42. The van der Waals surface area contributed by atoms with Crippen LogP contribution in [0.3, 0.4) is 0 Å². The lowest BCUT2D eigenvalue weighted by Gasteiger charge is -2.03. The third kappa shape index (κ3) is 1.89. The molecule has 0 aliphatic heterocycles. The first-order valence-electron chi connectivity index (χ1n) is 6.04. The van der Waals surface area contributed by atoms with Crippen LogP contribution in [0.2, 0.25) is 5.02 Å². The van der Waals surface area contributed by atoms with E-state index in [0.717, 1.165) is 28.8 Å². The molecule has 98 valence electrons. The van der Waals surface area contributed by atoms with Crippen LogP contribution in [-0.2, 0) is 13.5 Å². The number of aryl methyl sites for hydroxylation is 2. The molecule has 1 aromatic carbocycles. The molecule has 4 nitrogen and oxygen atoms in total. The molecule has 0 saturated carbocycles. The summed E-state index contributed by atoms with van der Waals surface area (Å²) >= 11 is 11.6. The average Bonchev–Trinajstić information content (AvgIpc) is 2.89. The second kappa shape index (κ2) is 4.51. The molecule has 1 N–H and O–H groups in total. The second-order valence-electron chi connectivity index (χ2n) is 4.39. The predicted molar refractivity (Wildman–Crippen MR) is 79.6 cm³/mol. The van der Waals surface area contributed by atoms with Crippen molar-refractivity contribution in [1.82, 2.24) is 19.3 Å². The highest BCUT2D eigenvalue weighted by atomic mass is 35.5. The number of aromatic nitrogens is 4. The Morgan fingerprint density at radius 3 is 2.95 bits per heavy atom. The zero-order valence-corrected chi connectivity index (χ0v) is 12.2. The maximum Gasteiger partial charge on any atom is 0.182 e. The minimum absolute atomic E-state index is 0.630. The van der Waals surface area contributed by atoms with E-state index in [0.29, 0.717) is 9.79 Å². The number of benzene rings is 1. The van der Waals surface area contributed by atoms with Gasteiger partial charge < -0.3 is 4.98 Å². The first-order valence-corrected chi connectivity index (χ1v) is 6.82. The Kier molecular flexibility index (Phi) is 2.95. The van der Waals surface area contributed by atoms with Gasteiger partial charge in [-0.1, -0.05) is 24.6 Å². The van der Waals surface area contributed by atoms with Crippen LogP contribution in [0.4, 0.5) is 0 Å². The number of para-hydroxylation sites is 1. The second-order valence-corrected chi connectivity index (χ2v) is 5.18. The van der Waals surface area contributed by atoms with Crippen LogP contribution >= 0.6 is 23.8 Å². The molecule has 0 spiro atoms. The van der Waals surface area contributed by atoms with Crippen LogP contribution in [-0.4, -0.2) is 19.3 Å². The number of aromatic amines is 1. The number of rotatable bonds is 2. The predicted octanol–water partition coefficient (Wildman–Crippen LogP) is 3.64. The fraction of sp³-hybridized carbons (Fsp3) is 0.231. The number of imidazole rings is 1. The number of H-pyrrole nitrogens is 1. The molecule has 3 rings (SSSR count). The zero-order valence-electron chi connectivity index (χ0n) is 10.6. The molecule has 3 aromatic rings. The van der Waals surface area contributed by atoms with E-state index >= 15 is 0 Å². The van der Waals surface area contributed by atoms with Gasteiger partial charge in [0.1, 0.15) is 0 Å². The van der Waals surface area contributed by atoms with Gasteiger partial charge in [0.25, 0.3) is 0 Å². The molecular weight excluding hydrogens is 280 g/mol. The van der Waals surface area contributed by atoms with Crippen LogP contribution in [0.1, 0.15) is 12.6 Å². The van der Waals surface area contributed by atoms with Crippen LogP contribution in [0.25, 0.3) is 16.7 Å². The topological polar surface area (TPSA) is 38.5 Å². The molecule has 2 aromatic heterocycles. The number of halogens is 1. The lowest BCUT2D eigenvalue weighted by atomic mass is 10.2. The zero-order chi connectivity index (χ0) is 13.6. The van der Waals surface area contributed by atoms with E-state index in [1.807, 2.05) is 36.0 Å². The fourth-order valence-electron chi connectivity index (χ4n) is 2.29. The van der Waals surface area contributed by atoms with Crippen molar-refractivity contribution in [2.24, 2.45) is 7.05 Å². The van der Waals surface area contributed by atoms with E-state index in [9.17, 15) is 0 Å².